The summed E-state index contributed by atoms with van der Waals surface area (Å²) in [4.78, 5) is 27.3. The van der Waals surface area contributed by atoms with E-state index in [1.807, 2.05) is 17.0 Å². The minimum atomic E-state index is -0.371. The molecule has 130 valence electrons. The summed E-state index contributed by atoms with van der Waals surface area (Å²) in [7, 11) is 0. The van der Waals surface area contributed by atoms with Gasteiger partial charge in [-0.25, -0.2) is 0 Å². The monoisotopic (exact) mass is 331 g/mol. The molecule has 2 aliphatic heterocycles. The van der Waals surface area contributed by atoms with E-state index in [4.69, 9.17) is 0 Å². The second-order valence-electron chi connectivity index (χ2n) is 6.87. The largest absolute Gasteiger partial charge is 0.342 e. The van der Waals surface area contributed by atoms with Crippen LogP contribution in [0.15, 0.2) is 24.3 Å². The van der Waals surface area contributed by atoms with Crippen molar-refractivity contribution < 1.29 is 9.72 Å². The fourth-order valence-electron chi connectivity index (χ4n) is 3.81. The number of benzene rings is 1. The fraction of sp³-hybridized carbons (Fsp3) is 0.611. The lowest BCUT2D eigenvalue weighted by atomic mass is 9.93. The lowest BCUT2D eigenvalue weighted by Crippen LogP contribution is -2.42. The molecule has 0 saturated carbocycles. The van der Waals surface area contributed by atoms with Crippen molar-refractivity contribution in [2.24, 2.45) is 5.92 Å². The van der Waals surface area contributed by atoms with Crippen molar-refractivity contribution in [3.05, 3.63) is 39.9 Å². The van der Waals surface area contributed by atoms with E-state index in [0.717, 1.165) is 57.4 Å². The number of likely N-dealkylation sites (tertiary alicyclic amines) is 2. The number of non-ortho nitro benzene ring substituents is 1. The zero-order valence-corrected chi connectivity index (χ0v) is 14.2. The summed E-state index contributed by atoms with van der Waals surface area (Å²) < 4.78 is 0. The highest BCUT2D eigenvalue weighted by atomic mass is 16.6. The SMILES string of the molecule is C[C@@H](c1ccc([N+](=O)[O-])cc1)N1CCC(C(=O)N2CCCC2)CC1. The summed E-state index contributed by atoms with van der Waals surface area (Å²) in [5.74, 6) is 0.513. The van der Waals surface area contributed by atoms with Crippen LogP contribution < -0.4 is 0 Å². The van der Waals surface area contributed by atoms with Crippen LogP contribution in [-0.4, -0.2) is 46.8 Å². The first-order chi connectivity index (χ1) is 11.6. The van der Waals surface area contributed by atoms with E-state index in [-0.39, 0.29) is 22.6 Å². The molecule has 3 rings (SSSR count). The summed E-state index contributed by atoms with van der Waals surface area (Å²) in [5.41, 5.74) is 1.21. The first-order valence-electron chi connectivity index (χ1n) is 8.83. The lowest BCUT2D eigenvalue weighted by Gasteiger charge is -2.36. The van der Waals surface area contributed by atoms with Gasteiger partial charge in [0.2, 0.25) is 5.91 Å². The maximum absolute atomic E-state index is 12.5. The number of nitro benzene ring substituents is 1. The molecule has 6 nitrogen and oxygen atoms in total. The van der Waals surface area contributed by atoms with E-state index in [0.29, 0.717) is 5.91 Å². The molecule has 0 N–H and O–H groups in total. The van der Waals surface area contributed by atoms with Crippen LogP contribution in [0.4, 0.5) is 5.69 Å². The lowest BCUT2D eigenvalue weighted by molar-refractivity contribution is -0.384. The van der Waals surface area contributed by atoms with Gasteiger partial charge in [-0.3, -0.25) is 19.8 Å². The Morgan fingerprint density at radius 3 is 2.25 bits per heavy atom. The maximum atomic E-state index is 12.5. The molecular formula is C18H25N3O3. The molecule has 2 saturated heterocycles. The maximum Gasteiger partial charge on any atom is 0.269 e. The van der Waals surface area contributed by atoms with Crippen LogP contribution in [0.2, 0.25) is 0 Å². The molecule has 1 aromatic rings. The van der Waals surface area contributed by atoms with Gasteiger partial charge in [-0.2, -0.15) is 0 Å². The highest BCUT2D eigenvalue weighted by Crippen LogP contribution is 2.29. The van der Waals surface area contributed by atoms with Gasteiger partial charge >= 0.3 is 0 Å². The molecular weight excluding hydrogens is 306 g/mol. The van der Waals surface area contributed by atoms with E-state index in [1.54, 1.807) is 12.1 Å². The van der Waals surface area contributed by atoms with Crippen LogP contribution >= 0.6 is 0 Å². The van der Waals surface area contributed by atoms with Crippen molar-refractivity contribution in [2.45, 2.75) is 38.6 Å². The Bertz CT molecular complexity index is 588. The highest BCUT2D eigenvalue weighted by Gasteiger charge is 2.31. The Labute approximate surface area is 142 Å². The molecule has 0 spiro atoms. The molecule has 0 bridgehead atoms. The van der Waals surface area contributed by atoms with Crippen molar-refractivity contribution in [1.82, 2.24) is 9.80 Å². The average Bonchev–Trinajstić information content (AvgIpc) is 3.15. The van der Waals surface area contributed by atoms with Crippen molar-refractivity contribution in [3.63, 3.8) is 0 Å². The van der Waals surface area contributed by atoms with Crippen LogP contribution in [0.25, 0.3) is 0 Å². The molecule has 0 aliphatic carbocycles. The highest BCUT2D eigenvalue weighted by molar-refractivity contribution is 5.79. The molecule has 2 fully saturated rings. The zero-order valence-electron chi connectivity index (χ0n) is 14.2. The number of amides is 1. The van der Waals surface area contributed by atoms with Crippen LogP contribution in [0.5, 0.6) is 0 Å². The Balaban J connectivity index is 1.55. The van der Waals surface area contributed by atoms with Gasteiger partial charge in [-0.05, 0) is 51.3 Å². The normalized spacial score (nSPS) is 21.0. The van der Waals surface area contributed by atoms with E-state index < -0.39 is 0 Å². The Hall–Kier alpha value is -1.95. The molecule has 1 amide bonds. The van der Waals surface area contributed by atoms with Gasteiger partial charge in [0.15, 0.2) is 0 Å². The van der Waals surface area contributed by atoms with Gasteiger partial charge in [-0.15, -0.1) is 0 Å². The third kappa shape index (κ3) is 3.59. The first kappa shape index (κ1) is 16.9. The molecule has 1 atom stereocenters. The molecule has 6 heteroatoms. The number of carbonyl (C=O) groups excluding carboxylic acids is 1. The summed E-state index contributed by atoms with van der Waals surface area (Å²) in [5, 5.41) is 10.8. The van der Waals surface area contributed by atoms with Gasteiger partial charge in [-0.1, -0.05) is 12.1 Å². The second kappa shape index (κ2) is 7.30. The fourth-order valence-corrected chi connectivity index (χ4v) is 3.81. The van der Waals surface area contributed by atoms with Gasteiger partial charge in [0.25, 0.3) is 5.69 Å². The molecule has 24 heavy (non-hydrogen) atoms. The van der Waals surface area contributed by atoms with Gasteiger partial charge in [0.05, 0.1) is 4.92 Å². The summed E-state index contributed by atoms with van der Waals surface area (Å²) in [6.45, 7) is 5.80. The molecule has 2 heterocycles. The van der Waals surface area contributed by atoms with Crippen LogP contribution in [0.3, 0.4) is 0 Å². The number of nitro groups is 1. The Morgan fingerprint density at radius 2 is 1.71 bits per heavy atom. The number of nitrogens with zero attached hydrogens (tertiary/aromatic N) is 3. The van der Waals surface area contributed by atoms with Gasteiger partial charge in [0, 0.05) is 37.2 Å². The third-order valence-corrected chi connectivity index (χ3v) is 5.43. The third-order valence-electron chi connectivity index (χ3n) is 5.43. The average molecular weight is 331 g/mol. The van der Waals surface area contributed by atoms with Gasteiger partial charge < -0.3 is 4.90 Å². The number of hydrogen-bond acceptors (Lipinski definition) is 4. The van der Waals surface area contributed by atoms with Crippen LogP contribution in [0, 0.1) is 16.0 Å². The van der Waals surface area contributed by atoms with Crippen molar-refractivity contribution >= 4 is 11.6 Å². The predicted molar refractivity (Wildman–Crippen MR) is 91.6 cm³/mol. The standard InChI is InChI=1S/C18H25N3O3/c1-14(15-4-6-17(7-5-15)21(23)24)19-12-8-16(9-13-19)18(22)20-10-2-3-11-20/h4-7,14,16H,2-3,8-13H2,1H3/t14-/m0/s1. The second-order valence-corrected chi connectivity index (χ2v) is 6.87. The molecule has 2 aliphatic rings. The molecule has 1 aromatic carbocycles. The number of piperidine rings is 1. The first-order valence-corrected chi connectivity index (χ1v) is 8.83. The van der Waals surface area contributed by atoms with Crippen molar-refractivity contribution in [2.75, 3.05) is 26.2 Å². The summed E-state index contributed by atoms with van der Waals surface area (Å²) in [6, 6.07) is 7.02. The Morgan fingerprint density at radius 1 is 1.12 bits per heavy atom. The quantitative estimate of drug-likeness (QED) is 0.628. The number of hydrogen-bond donors (Lipinski definition) is 0. The summed E-state index contributed by atoms with van der Waals surface area (Å²) >= 11 is 0. The summed E-state index contributed by atoms with van der Waals surface area (Å²) in [6.07, 6.45) is 4.10. The molecule has 0 unspecified atom stereocenters. The zero-order chi connectivity index (χ0) is 17.1. The number of rotatable bonds is 4. The van der Waals surface area contributed by atoms with Gasteiger partial charge in [0.1, 0.15) is 0 Å². The minimum absolute atomic E-state index is 0.126. The van der Waals surface area contributed by atoms with E-state index in [9.17, 15) is 14.9 Å². The van der Waals surface area contributed by atoms with Crippen LogP contribution in [0.1, 0.15) is 44.2 Å². The van der Waals surface area contributed by atoms with E-state index in [2.05, 4.69) is 11.8 Å². The Kier molecular flexibility index (Phi) is 5.14. The van der Waals surface area contributed by atoms with Crippen LogP contribution in [-0.2, 0) is 4.79 Å². The number of carbonyl (C=O) groups is 1. The van der Waals surface area contributed by atoms with Crippen molar-refractivity contribution in [1.29, 1.82) is 0 Å². The smallest absolute Gasteiger partial charge is 0.269 e. The minimum Gasteiger partial charge on any atom is -0.342 e. The van der Waals surface area contributed by atoms with E-state index >= 15 is 0 Å². The predicted octanol–water partition coefficient (Wildman–Crippen LogP) is 2.99. The van der Waals surface area contributed by atoms with Crippen molar-refractivity contribution in [3.8, 4) is 0 Å². The molecule has 0 aromatic heterocycles. The molecule has 0 radical (unpaired) electrons. The topological polar surface area (TPSA) is 66.7 Å². The van der Waals surface area contributed by atoms with E-state index in [1.165, 1.54) is 0 Å².